The molecule has 3 aromatic carbocycles. The van der Waals surface area contributed by atoms with E-state index in [9.17, 15) is 5.11 Å². The Kier molecular flexibility index (Phi) is 3.95. The number of fused-ring (bicyclic) bond motifs is 4. The van der Waals surface area contributed by atoms with Crippen molar-refractivity contribution in [3.63, 3.8) is 0 Å². The Bertz CT molecular complexity index is 1230. The van der Waals surface area contributed by atoms with E-state index in [2.05, 4.69) is 41.4 Å². The van der Waals surface area contributed by atoms with Gasteiger partial charge in [-0.2, -0.15) is 0 Å². The van der Waals surface area contributed by atoms with Gasteiger partial charge in [-0.1, -0.05) is 66.7 Å². The molecule has 5 rings (SSSR count). The predicted octanol–water partition coefficient (Wildman–Crippen LogP) is 3.79. The summed E-state index contributed by atoms with van der Waals surface area (Å²) in [6.07, 6.45) is 1.57. The van der Waals surface area contributed by atoms with Crippen molar-refractivity contribution in [2.45, 2.75) is 12.5 Å². The summed E-state index contributed by atoms with van der Waals surface area (Å²) in [6, 6.07) is 22.5. The third-order valence-electron chi connectivity index (χ3n) is 5.27. The van der Waals surface area contributed by atoms with Crippen LogP contribution in [0.4, 0.5) is 0 Å². The highest BCUT2D eigenvalue weighted by molar-refractivity contribution is 5.91. The topological polar surface area (TPSA) is 71.1 Å². The maximum absolute atomic E-state index is 9.34. The first-order valence-corrected chi connectivity index (χ1v) is 9.27. The molecule has 5 heteroatoms. The number of aliphatic hydroxyl groups is 1. The van der Waals surface area contributed by atoms with E-state index in [-0.39, 0.29) is 12.5 Å². The number of benzene rings is 3. The van der Waals surface area contributed by atoms with Crippen LogP contribution in [0.2, 0.25) is 0 Å². The zero-order valence-electron chi connectivity index (χ0n) is 15.2. The third-order valence-corrected chi connectivity index (χ3v) is 5.27. The average Bonchev–Trinajstić information content (AvgIpc) is 2.75. The molecule has 1 aromatic heterocycles. The number of ether oxygens (including phenoxy) is 1. The molecule has 28 heavy (non-hydrogen) atoms. The van der Waals surface area contributed by atoms with Crippen LogP contribution in [0.15, 0.2) is 73.1 Å². The Morgan fingerprint density at radius 3 is 2.61 bits per heavy atom. The van der Waals surface area contributed by atoms with Gasteiger partial charge in [0, 0.05) is 23.4 Å². The number of hydrogen-bond donors (Lipinski definition) is 2. The quantitative estimate of drug-likeness (QED) is 0.508. The molecular formula is C23H19N3O2. The summed E-state index contributed by atoms with van der Waals surface area (Å²) < 4.78 is 7.91. The molecule has 0 saturated heterocycles. The molecule has 0 spiro atoms. The van der Waals surface area contributed by atoms with Gasteiger partial charge in [-0.25, -0.2) is 4.98 Å². The van der Waals surface area contributed by atoms with Crippen molar-refractivity contribution >= 4 is 10.8 Å². The van der Waals surface area contributed by atoms with Gasteiger partial charge < -0.3 is 14.4 Å². The summed E-state index contributed by atoms with van der Waals surface area (Å²) in [6.45, 7) is 0.278. The van der Waals surface area contributed by atoms with Crippen LogP contribution in [-0.2, 0) is 6.54 Å². The summed E-state index contributed by atoms with van der Waals surface area (Å²) in [4.78, 5) is 4.49. The van der Waals surface area contributed by atoms with Crippen LogP contribution in [-0.4, -0.2) is 21.3 Å². The molecule has 0 bridgehead atoms. The van der Waals surface area contributed by atoms with Crippen LogP contribution in [0, 0.1) is 5.41 Å². The van der Waals surface area contributed by atoms with Gasteiger partial charge in [0.15, 0.2) is 0 Å². The zero-order valence-corrected chi connectivity index (χ0v) is 15.2. The van der Waals surface area contributed by atoms with Crippen LogP contribution >= 0.6 is 0 Å². The van der Waals surface area contributed by atoms with Crippen LogP contribution in [0.5, 0.6) is 11.6 Å². The lowest BCUT2D eigenvalue weighted by Crippen LogP contribution is -2.30. The Morgan fingerprint density at radius 1 is 1.00 bits per heavy atom. The van der Waals surface area contributed by atoms with E-state index in [4.69, 9.17) is 10.1 Å². The first-order valence-electron chi connectivity index (χ1n) is 9.27. The van der Waals surface area contributed by atoms with Crippen LogP contribution in [0.3, 0.4) is 0 Å². The molecule has 0 aliphatic carbocycles. The summed E-state index contributed by atoms with van der Waals surface area (Å²) >= 11 is 0. The van der Waals surface area contributed by atoms with Gasteiger partial charge in [-0.3, -0.25) is 5.41 Å². The molecule has 0 unspecified atom stereocenters. The molecule has 0 fully saturated rings. The number of aliphatic hydroxyl groups excluding tert-OH is 1. The molecule has 138 valence electrons. The highest BCUT2D eigenvalue weighted by Crippen LogP contribution is 2.47. The van der Waals surface area contributed by atoms with Crippen molar-refractivity contribution in [3.05, 3.63) is 95.2 Å². The Labute approximate surface area is 162 Å². The Hall–Kier alpha value is -3.44. The van der Waals surface area contributed by atoms with Gasteiger partial charge in [0.25, 0.3) is 0 Å². The van der Waals surface area contributed by atoms with E-state index in [1.807, 2.05) is 30.3 Å². The molecule has 5 nitrogen and oxygen atoms in total. The second-order valence-corrected chi connectivity index (χ2v) is 6.88. The van der Waals surface area contributed by atoms with E-state index in [1.54, 1.807) is 10.9 Å². The molecule has 4 aromatic rings. The zero-order chi connectivity index (χ0) is 19.1. The van der Waals surface area contributed by atoms with Gasteiger partial charge in [0.1, 0.15) is 17.6 Å². The lowest BCUT2D eigenvalue weighted by molar-refractivity contribution is 0.271. The highest BCUT2D eigenvalue weighted by atomic mass is 16.5. The third kappa shape index (κ3) is 2.52. The van der Waals surface area contributed by atoms with Crippen molar-refractivity contribution in [2.24, 2.45) is 0 Å². The molecule has 1 aliphatic heterocycles. The smallest absolute Gasteiger partial charge is 0.228 e. The van der Waals surface area contributed by atoms with E-state index < -0.39 is 0 Å². The first-order chi connectivity index (χ1) is 13.8. The fraction of sp³-hybridized carbons (Fsp3) is 0.130. The summed E-state index contributed by atoms with van der Waals surface area (Å²) in [5.74, 6) is 1.10. The summed E-state index contributed by atoms with van der Waals surface area (Å²) in [5.41, 5.74) is 3.15. The van der Waals surface area contributed by atoms with Crippen molar-refractivity contribution in [1.82, 2.24) is 9.55 Å². The Morgan fingerprint density at radius 2 is 1.79 bits per heavy atom. The van der Waals surface area contributed by atoms with E-state index in [0.29, 0.717) is 17.9 Å². The molecule has 1 atom stereocenters. The normalized spacial score (nSPS) is 15.0. The number of rotatable bonds is 3. The van der Waals surface area contributed by atoms with Crippen LogP contribution < -0.4 is 10.2 Å². The second-order valence-electron chi connectivity index (χ2n) is 6.88. The summed E-state index contributed by atoms with van der Waals surface area (Å²) in [7, 11) is 0. The number of aromatic nitrogens is 2. The monoisotopic (exact) mass is 369 g/mol. The summed E-state index contributed by atoms with van der Waals surface area (Å²) in [5, 5.41) is 20.2. The van der Waals surface area contributed by atoms with Gasteiger partial charge in [0.2, 0.25) is 5.88 Å². The standard InChI is InChI=1S/C23H19N3O2/c24-22-20-19(16-7-2-1-3-8-16)18-11-10-15-6-4-5-9-17(15)21(18)28-23(20)25-14-26(22)12-13-27/h1-11,14,19,24,27H,12-13H2/t19-/m0/s1. The largest absolute Gasteiger partial charge is 0.438 e. The second kappa shape index (κ2) is 6.62. The van der Waals surface area contributed by atoms with E-state index >= 15 is 0 Å². The highest BCUT2D eigenvalue weighted by Gasteiger charge is 2.32. The van der Waals surface area contributed by atoms with Crippen LogP contribution in [0.25, 0.3) is 10.8 Å². The predicted molar refractivity (Wildman–Crippen MR) is 107 cm³/mol. The van der Waals surface area contributed by atoms with Crippen molar-refractivity contribution in [2.75, 3.05) is 6.61 Å². The fourth-order valence-electron chi connectivity index (χ4n) is 3.97. The van der Waals surface area contributed by atoms with Gasteiger partial charge in [-0.05, 0) is 10.9 Å². The minimum Gasteiger partial charge on any atom is -0.438 e. The number of nitrogens with zero attached hydrogens (tertiary/aromatic N) is 2. The SMILES string of the molecule is N=c1c2c(ncn1CCO)Oc1c(ccc3ccccc13)[C@@H]2c1ccccc1. The number of hydrogen-bond acceptors (Lipinski definition) is 4. The van der Waals surface area contributed by atoms with Gasteiger partial charge in [-0.15, -0.1) is 0 Å². The fourth-order valence-corrected chi connectivity index (χ4v) is 3.97. The number of nitrogens with one attached hydrogen (secondary N) is 1. The molecule has 2 heterocycles. The molecule has 2 N–H and O–H groups in total. The first kappa shape index (κ1) is 16.7. The van der Waals surface area contributed by atoms with Gasteiger partial charge >= 0.3 is 0 Å². The van der Waals surface area contributed by atoms with Crippen molar-refractivity contribution in [1.29, 1.82) is 5.41 Å². The van der Waals surface area contributed by atoms with E-state index in [1.165, 1.54) is 0 Å². The van der Waals surface area contributed by atoms with Crippen molar-refractivity contribution < 1.29 is 9.84 Å². The average molecular weight is 369 g/mol. The lowest BCUT2D eigenvalue weighted by Gasteiger charge is -2.29. The molecule has 0 saturated carbocycles. The van der Waals surface area contributed by atoms with Crippen LogP contribution in [0.1, 0.15) is 22.6 Å². The Balaban J connectivity index is 1.83. The maximum atomic E-state index is 9.34. The molecule has 0 radical (unpaired) electrons. The van der Waals surface area contributed by atoms with Crippen molar-refractivity contribution in [3.8, 4) is 11.6 Å². The minimum atomic E-state index is -0.157. The minimum absolute atomic E-state index is 0.0465. The maximum Gasteiger partial charge on any atom is 0.228 e. The molecular weight excluding hydrogens is 350 g/mol. The lowest BCUT2D eigenvalue weighted by atomic mass is 9.83. The molecule has 0 amide bonds. The van der Waals surface area contributed by atoms with E-state index in [0.717, 1.165) is 33.2 Å². The molecule has 1 aliphatic rings. The van der Waals surface area contributed by atoms with Gasteiger partial charge in [0.05, 0.1) is 12.2 Å².